The van der Waals surface area contributed by atoms with Crippen molar-refractivity contribution in [3.05, 3.63) is 71.1 Å². The smallest absolute Gasteiger partial charge is 0.272 e. The van der Waals surface area contributed by atoms with E-state index in [2.05, 4.69) is 15.4 Å². The van der Waals surface area contributed by atoms with Gasteiger partial charge in [0.05, 0.1) is 12.3 Å². The third-order valence-corrected chi connectivity index (χ3v) is 3.67. The van der Waals surface area contributed by atoms with Gasteiger partial charge in [0.25, 0.3) is 5.91 Å². The zero-order valence-corrected chi connectivity index (χ0v) is 14.4. The van der Waals surface area contributed by atoms with Crippen LogP contribution in [0.1, 0.15) is 23.0 Å². The first kappa shape index (κ1) is 17.0. The standard InChI is InChI=1S/C18H17ClN4O2/c1-2-25-17-10-13(6-8-20-17)12-21-18(24)16-7-9-23(22-16)15-5-3-4-14(19)11-15/h3-11H,2,12H2,1H3,(H,21,24). The second-order valence-electron chi connectivity index (χ2n) is 5.24. The molecule has 0 radical (unpaired) electrons. The second kappa shape index (κ2) is 7.81. The van der Waals surface area contributed by atoms with E-state index in [1.807, 2.05) is 25.1 Å². The molecule has 1 N–H and O–H groups in total. The molecule has 0 saturated carbocycles. The lowest BCUT2D eigenvalue weighted by molar-refractivity contribution is 0.0945. The number of aromatic nitrogens is 3. The summed E-state index contributed by atoms with van der Waals surface area (Å²) in [5.41, 5.74) is 2.03. The lowest BCUT2D eigenvalue weighted by Crippen LogP contribution is -2.23. The summed E-state index contributed by atoms with van der Waals surface area (Å²) in [4.78, 5) is 16.4. The van der Waals surface area contributed by atoms with E-state index in [9.17, 15) is 4.79 Å². The Labute approximate surface area is 150 Å². The molecule has 128 valence electrons. The van der Waals surface area contributed by atoms with Crippen molar-refractivity contribution in [1.29, 1.82) is 0 Å². The van der Waals surface area contributed by atoms with E-state index in [4.69, 9.17) is 16.3 Å². The van der Waals surface area contributed by atoms with Crippen LogP contribution in [0.25, 0.3) is 5.69 Å². The molecule has 25 heavy (non-hydrogen) atoms. The normalized spacial score (nSPS) is 10.5. The summed E-state index contributed by atoms with van der Waals surface area (Å²) in [5, 5.41) is 7.74. The molecule has 1 amide bonds. The number of hydrogen-bond donors (Lipinski definition) is 1. The minimum Gasteiger partial charge on any atom is -0.478 e. The number of rotatable bonds is 6. The van der Waals surface area contributed by atoms with Gasteiger partial charge in [-0.05, 0) is 42.8 Å². The summed E-state index contributed by atoms with van der Waals surface area (Å²) in [7, 11) is 0. The number of ether oxygens (including phenoxy) is 1. The number of hydrogen-bond acceptors (Lipinski definition) is 4. The largest absolute Gasteiger partial charge is 0.478 e. The Morgan fingerprint density at radius 3 is 2.96 bits per heavy atom. The van der Waals surface area contributed by atoms with Gasteiger partial charge in [0.2, 0.25) is 5.88 Å². The maximum atomic E-state index is 12.3. The summed E-state index contributed by atoms with van der Waals surface area (Å²) >= 11 is 5.98. The number of benzene rings is 1. The number of nitrogens with zero attached hydrogens (tertiary/aromatic N) is 3. The van der Waals surface area contributed by atoms with E-state index >= 15 is 0 Å². The molecule has 1 aromatic carbocycles. The van der Waals surface area contributed by atoms with Crippen molar-refractivity contribution in [3.8, 4) is 11.6 Å². The molecular weight excluding hydrogens is 340 g/mol. The van der Waals surface area contributed by atoms with Gasteiger partial charge in [0.1, 0.15) is 0 Å². The van der Waals surface area contributed by atoms with Gasteiger partial charge in [-0.2, -0.15) is 5.10 Å². The van der Waals surface area contributed by atoms with E-state index in [0.29, 0.717) is 29.7 Å². The highest BCUT2D eigenvalue weighted by molar-refractivity contribution is 6.30. The van der Waals surface area contributed by atoms with Crippen LogP contribution in [0.15, 0.2) is 54.9 Å². The van der Waals surface area contributed by atoms with Crippen LogP contribution >= 0.6 is 11.6 Å². The third-order valence-electron chi connectivity index (χ3n) is 3.44. The van der Waals surface area contributed by atoms with Crippen LogP contribution in [-0.4, -0.2) is 27.3 Å². The molecule has 0 saturated heterocycles. The monoisotopic (exact) mass is 356 g/mol. The number of carbonyl (C=O) groups excluding carboxylic acids is 1. The molecule has 0 bridgehead atoms. The molecule has 2 heterocycles. The fourth-order valence-corrected chi connectivity index (χ4v) is 2.45. The molecule has 0 fully saturated rings. The van der Waals surface area contributed by atoms with Crippen LogP contribution in [0, 0.1) is 0 Å². The number of carbonyl (C=O) groups is 1. The van der Waals surface area contributed by atoms with Crippen molar-refractivity contribution in [2.24, 2.45) is 0 Å². The predicted molar refractivity (Wildman–Crippen MR) is 95.2 cm³/mol. The molecule has 7 heteroatoms. The lowest BCUT2D eigenvalue weighted by atomic mass is 10.2. The molecule has 3 rings (SSSR count). The highest BCUT2D eigenvalue weighted by Crippen LogP contribution is 2.14. The average molecular weight is 357 g/mol. The van der Waals surface area contributed by atoms with Crippen LogP contribution in [0.3, 0.4) is 0 Å². The first-order valence-corrected chi connectivity index (χ1v) is 8.21. The van der Waals surface area contributed by atoms with Crippen molar-refractivity contribution in [2.75, 3.05) is 6.61 Å². The molecular formula is C18H17ClN4O2. The first-order valence-electron chi connectivity index (χ1n) is 7.83. The first-order chi connectivity index (χ1) is 12.2. The average Bonchev–Trinajstić information content (AvgIpc) is 3.11. The molecule has 2 aromatic heterocycles. The van der Waals surface area contributed by atoms with Gasteiger partial charge in [0.15, 0.2) is 5.69 Å². The number of nitrogens with one attached hydrogen (secondary N) is 1. The highest BCUT2D eigenvalue weighted by Gasteiger charge is 2.10. The number of halogens is 1. The van der Waals surface area contributed by atoms with E-state index < -0.39 is 0 Å². The Morgan fingerprint density at radius 1 is 1.28 bits per heavy atom. The Bertz CT molecular complexity index is 879. The second-order valence-corrected chi connectivity index (χ2v) is 5.68. The van der Waals surface area contributed by atoms with Crippen molar-refractivity contribution in [1.82, 2.24) is 20.1 Å². The fourth-order valence-electron chi connectivity index (χ4n) is 2.27. The number of pyridine rings is 1. The van der Waals surface area contributed by atoms with Crippen LogP contribution in [0.4, 0.5) is 0 Å². The molecule has 0 aliphatic heterocycles. The van der Waals surface area contributed by atoms with E-state index in [1.54, 1.807) is 41.3 Å². The van der Waals surface area contributed by atoms with E-state index in [-0.39, 0.29) is 5.91 Å². The highest BCUT2D eigenvalue weighted by atomic mass is 35.5. The topological polar surface area (TPSA) is 69.0 Å². The van der Waals surface area contributed by atoms with Gasteiger partial charge >= 0.3 is 0 Å². The van der Waals surface area contributed by atoms with Crippen LogP contribution in [-0.2, 0) is 6.54 Å². The fraction of sp³-hybridized carbons (Fsp3) is 0.167. The summed E-state index contributed by atoms with van der Waals surface area (Å²) in [6.07, 6.45) is 3.38. The van der Waals surface area contributed by atoms with Crippen molar-refractivity contribution in [3.63, 3.8) is 0 Å². The van der Waals surface area contributed by atoms with Gasteiger partial charge in [0, 0.05) is 30.0 Å². The quantitative estimate of drug-likeness (QED) is 0.736. The molecule has 0 spiro atoms. The van der Waals surface area contributed by atoms with Gasteiger partial charge < -0.3 is 10.1 Å². The van der Waals surface area contributed by atoms with Crippen LogP contribution < -0.4 is 10.1 Å². The summed E-state index contributed by atoms with van der Waals surface area (Å²) < 4.78 is 6.96. The van der Waals surface area contributed by atoms with Crippen LogP contribution in [0.5, 0.6) is 5.88 Å². The molecule has 0 atom stereocenters. The van der Waals surface area contributed by atoms with Crippen molar-refractivity contribution < 1.29 is 9.53 Å². The maximum Gasteiger partial charge on any atom is 0.272 e. The van der Waals surface area contributed by atoms with Crippen LogP contribution in [0.2, 0.25) is 5.02 Å². The molecule has 0 unspecified atom stereocenters. The molecule has 0 aliphatic carbocycles. The minimum absolute atomic E-state index is 0.254. The summed E-state index contributed by atoms with van der Waals surface area (Å²) in [6.45, 7) is 2.81. The van der Waals surface area contributed by atoms with Gasteiger partial charge in [-0.1, -0.05) is 17.7 Å². The Balaban J connectivity index is 1.65. The zero-order valence-electron chi connectivity index (χ0n) is 13.6. The van der Waals surface area contributed by atoms with Crippen molar-refractivity contribution in [2.45, 2.75) is 13.5 Å². The summed E-state index contributed by atoms with van der Waals surface area (Å²) in [5.74, 6) is 0.287. The maximum absolute atomic E-state index is 12.3. The van der Waals surface area contributed by atoms with Gasteiger partial charge in [-0.25, -0.2) is 9.67 Å². The predicted octanol–water partition coefficient (Wildman–Crippen LogP) is 3.25. The minimum atomic E-state index is -0.254. The molecule has 6 nitrogen and oxygen atoms in total. The molecule has 0 aliphatic rings. The van der Waals surface area contributed by atoms with Crippen molar-refractivity contribution >= 4 is 17.5 Å². The Kier molecular flexibility index (Phi) is 5.30. The third kappa shape index (κ3) is 4.36. The van der Waals surface area contributed by atoms with E-state index in [0.717, 1.165) is 11.3 Å². The van der Waals surface area contributed by atoms with E-state index in [1.165, 1.54) is 0 Å². The van der Waals surface area contributed by atoms with Gasteiger partial charge in [-0.3, -0.25) is 4.79 Å². The Morgan fingerprint density at radius 2 is 2.16 bits per heavy atom. The van der Waals surface area contributed by atoms with Gasteiger partial charge in [-0.15, -0.1) is 0 Å². The zero-order chi connectivity index (χ0) is 17.6. The lowest BCUT2D eigenvalue weighted by Gasteiger charge is -2.06. The Hall–Kier alpha value is -2.86. The SMILES string of the molecule is CCOc1cc(CNC(=O)c2ccn(-c3cccc(Cl)c3)n2)ccn1. The molecule has 3 aromatic rings. The summed E-state index contributed by atoms with van der Waals surface area (Å²) in [6, 6.07) is 12.6. The number of amides is 1.